The number of hydrogen-bond donors (Lipinski definition) is 1. The summed E-state index contributed by atoms with van der Waals surface area (Å²) in [5.74, 6) is 0. The van der Waals surface area contributed by atoms with E-state index in [1.165, 1.54) is 45.2 Å². The van der Waals surface area contributed by atoms with E-state index in [0.29, 0.717) is 17.5 Å². The van der Waals surface area contributed by atoms with Gasteiger partial charge in [0, 0.05) is 12.1 Å². The van der Waals surface area contributed by atoms with Crippen molar-refractivity contribution in [3.05, 3.63) is 0 Å². The van der Waals surface area contributed by atoms with E-state index in [1.54, 1.807) is 0 Å². The number of hydrogen-bond acceptors (Lipinski definition) is 2. The fourth-order valence-corrected chi connectivity index (χ4v) is 2.82. The van der Waals surface area contributed by atoms with Gasteiger partial charge in [0.25, 0.3) is 0 Å². The Balaban J connectivity index is 2.48. The number of nitrogens with two attached hydrogens (primary N) is 1. The molecular formula is C14H30N2. The van der Waals surface area contributed by atoms with Gasteiger partial charge in [-0.2, -0.15) is 0 Å². The number of likely N-dealkylation sites (tertiary alicyclic amines) is 1. The van der Waals surface area contributed by atoms with E-state index < -0.39 is 0 Å². The lowest BCUT2D eigenvalue weighted by Gasteiger charge is -2.42. The Kier molecular flexibility index (Phi) is 5.26. The van der Waals surface area contributed by atoms with E-state index in [1.807, 2.05) is 0 Å². The van der Waals surface area contributed by atoms with Crippen molar-refractivity contribution in [2.75, 3.05) is 13.1 Å². The van der Waals surface area contributed by atoms with Crippen LogP contribution >= 0.6 is 0 Å². The summed E-state index contributed by atoms with van der Waals surface area (Å²) in [4.78, 5) is 2.63. The molecular weight excluding hydrogens is 196 g/mol. The number of nitrogens with zero attached hydrogens (tertiary/aromatic N) is 1. The van der Waals surface area contributed by atoms with Crippen LogP contribution in [0.3, 0.4) is 0 Å². The van der Waals surface area contributed by atoms with Gasteiger partial charge in [-0.05, 0) is 44.2 Å². The first-order chi connectivity index (χ1) is 7.50. The van der Waals surface area contributed by atoms with Crippen LogP contribution in [0.4, 0.5) is 0 Å². The second-order valence-corrected chi connectivity index (χ2v) is 6.13. The van der Waals surface area contributed by atoms with E-state index in [4.69, 9.17) is 5.73 Å². The van der Waals surface area contributed by atoms with Crippen molar-refractivity contribution in [2.45, 2.75) is 71.9 Å². The summed E-state index contributed by atoms with van der Waals surface area (Å²) in [5, 5.41) is 0. The molecule has 0 saturated carbocycles. The third-order valence-electron chi connectivity index (χ3n) is 4.16. The summed E-state index contributed by atoms with van der Waals surface area (Å²) < 4.78 is 0. The Hall–Kier alpha value is -0.0800. The van der Waals surface area contributed by atoms with Crippen molar-refractivity contribution in [1.82, 2.24) is 4.90 Å². The van der Waals surface area contributed by atoms with Crippen molar-refractivity contribution in [3.8, 4) is 0 Å². The van der Waals surface area contributed by atoms with E-state index in [2.05, 4.69) is 32.6 Å². The minimum absolute atomic E-state index is 0.371. The topological polar surface area (TPSA) is 29.3 Å². The smallest absolute Gasteiger partial charge is 0.0244 e. The molecule has 2 N–H and O–H groups in total. The van der Waals surface area contributed by atoms with Crippen LogP contribution in [0.25, 0.3) is 0 Å². The van der Waals surface area contributed by atoms with E-state index in [0.717, 1.165) is 0 Å². The van der Waals surface area contributed by atoms with Gasteiger partial charge in [0.1, 0.15) is 0 Å². The van der Waals surface area contributed by atoms with E-state index in [9.17, 15) is 0 Å². The zero-order valence-corrected chi connectivity index (χ0v) is 11.6. The first kappa shape index (κ1) is 14.0. The summed E-state index contributed by atoms with van der Waals surface area (Å²) in [5.41, 5.74) is 6.84. The highest BCUT2D eigenvalue weighted by molar-refractivity contribution is 4.86. The van der Waals surface area contributed by atoms with Crippen LogP contribution in [0, 0.1) is 5.41 Å². The molecule has 2 heteroatoms. The van der Waals surface area contributed by atoms with Crippen LogP contribution in [0.5, 0.6) is 0 Å². The highest BCUT2D eigenvalue weighted by Gasteiger charge is 2.30. The lowest BCUT2D eigenvalue weighted by atomic mass is 9.81. The van der Waals surface area contributed by atoms with Crippen molar-refractivity contribution in [2.24, 2.45) is 11.1 Å². The molecule has 0 aromatic heterocycles. The quantitative estimate of drug-likeness (QED) is 0.781. The average Bonchev–Trinajstić information content (AvgIpc) is 2.22. The average molecular weight is 226 g/mol. The molecule has 2 unspecified atom stereocenters. The standard InChI is InChI=1S/C14H30N2/c1-5-7-12(15)13(6-2)16-10-8-14(3,4)9-11-16/h12-13H,5-11,15H2,1-4H3. The number of piperidine rings is 1. The summed E-state index contributed by atoms with van der Waals surface area (Å²) >= 11 is 0. The molecule has 16 heavy (non-hydrogen) atoms. The summed E-state index contributed by atoms with van der Waals surface area (Å²) in [6, 6.07) is 0.979. The van der Waals surface area contributed by atoms with E-state index >= 15 is 0 Å². The summed E-state index contributed by atoms with van der Waals surface area (Å²) in [6.45, 7) is 11.8. The number of rotatable bonds is 5. The minimum Gasteiger partial charge on any atom is -0.326 e. The molecule has 1 aliphatic heterocycles. The van der Waals surface area contributed by atoms with Gasteiger partial charge in [0.2, 0.25) is 0 Å². The van der Waals surface area contributed by atoms with Crippen molar-refractivity contribution in [3.63, 3.8) is 0 Å². The van der Waals surface area contributed by atoms with Crippen LogP contribution in [0.2, 0.25) is 0 Å². The maximum atomic E-state index is 6.30. The maximum absolute atomic E-state index is 6.30. The molecule has 0 aliphatic carbocycles. The summed E-state index contributed by atoms with van der Waals surface area (Å²) in [7, 11) is 0. The second kappa shape index (κ2) is 6.02. The third kappa shape index (κ3) is 3.74. The molecule has 1 heterocycles. The molecule has 0 bridgehead atoms. The van der Waals surface area contributed by atoms with Crippen molar-refractivity contribution >= 4 is 0 Å². The molecule has 2 atom stereocenters. The predicted molar refractivity (Wildman–Crippen MR) is 71.6 cm³/mol. The molecule has 0 aromatic rings. The molecule has 0 spiro atoms. The molecule has 96 valence electrons. The third-order valence-corrected chi connectivity index (χ3v) is 4.16. The zero-order valence-electron chi connectivity index (χ0n) is 11.6. The van der Waals surface area contributed by atoms with Crippen molar-refractivity contribution < 1.29 is 0 Å². The molecule has 1 saturated heterocycles. The molecule has 0 aromatic carbocycles. The van der Waals surface area contributed by atoms with Gasteiger partial charge >= 0.3 is 0 Å². The molecule has 0 amide bonds. The fourth-order valence-electron chi connectivity index (χ4n) is 2.82. The predicted octanol–water partition coefficient (Wildman–Crippen LogP) is 3.01. The first-order valence-corrected chi connectivity index (χ1v) is 7.00. The van der Waals surface area contributed by atoms with Crippen LogP contribution < -0.4 is 5.73 Å². The molecule has 1 fully saturated rings. The normalized spacial score (nSPS) is 25.3. The van der Waals surface area contributed by atoms with Gasteiger partial charge in [0.15, 0.2) is 0 Å². The molecule has 2 nitrogen and oxygen atoms in total. The molecule has 1 aliphatic rings. The lowest BCUT2D eigenvalue weighted by Crippen LogP contribution is -2.51. The van der Waals surface area contributed by atoms with Crippen LogP contribution in [-0.2, 0) is 0 Å². The monoisotopic (exact) mass is 226 g/mol. The molecule has 1 rings (SSSR count). The Labute approximate surface area is 102 Å². The Morgan fingerprint density at radius 2 is 1.75 bits per heavy atom. The summed E-state index contributed by atoms with van der Waals surface area (Å²) in [6.07, 6.45) is 6.21. The highest BCUT2D eigenvalue weighted by Crippen LogP contribution is 2.31. The Morgan fingerprint density at radius 1 is 1.19 bits per heavy atom. The fraction of sp³-hybridized carbons (Fsp3) is 1.00. The Bertz CT molecular complexity index is 191. The highest BCUT2D eigenvalue weighted by atomic mass is 15.2. The second-order valence-electron chi connectivity index (χ2n) is 6.13. The van der Waals surface area contributed by atoms with Gasteiger partial charge in [-0.1, -0.05) is 34.1 Å². The first-order valence-electron chi connectivity index (χ1n) is 7.00. The largest absolute Gasteiger partial charge is 0.326 e. The van der Waals surface area contributed by atoms with E-state index in [-0.39, 0.29) is 0 Å². The van der Waals surface area contributed by atoms with Crippen LogP contribution in [-0.4, -0.2) is 30.1 Å². The van der Waals surface area contributed by atoms with Crippen LogP contribution in [0.15, 0.2) is 0 Å². The van der Waals surface area contributed by atoms with Crippen LogP contribution in [0.1, 0.15) is 59.8 Å². The van der Waals surface area contributed by atoms with Gasteiger partial charge < -0.3 is 5.73 Å². The van der Waals surface area contributed by atoms with Gasteiger partial charge in [-0.25, -0.2) is 0 Å². The lowest BCUT2D eigenvalue weighted by molar-refractivity contribution is 0.0784. The zero-order chi connectivity index (χ0) is 12.2. The Morgan fingerprint density at radius 3 is 2.19 bits per heavy atom. The maximum Gasteiger partial charge on any atom is 0.0244 e. The van der Waals surface area contributed by atoms with Crippen molar-refractivity contribution in [1.29, 1.82) is 0 Å². The van der Waals surface area contributed by atoms with Gasteiger partial charge in [-0.15, -0.1) is 0 Å². The van der Waals surface area contributed by atoms with Gasteiger partial charge in [-0.3, -0.25) is 4.90 Å². The van der Waals surface area contributed by atoms with Gasteiger partial charge in [0.05, 0.1) is 0 Å². The SMILES string of the molecule is CCCC(N)C(CC)N1CCC(C)(C)CC1. The molecule has 0 radical (unpaired) electrons. The minimum atomic E-state index is 0.371.